The Balaban J connectivity index is 1.84. The molecule has 0 saturated heterocycles. The summed E-state index contributed by atoms with van der Waals surface area (Å²) in [6, 6.07) is 7.37. The largest absolute Gasteiger partial charge is 0.486 e. The molecule has 0 spiro atoms. The highest BCUT2D eigenvalue weighted by Crippen LogP contribution is 2.36. The number of ether oxygens (including phenoxy) is 2. The molecule has 0 aromatic heterocycles. The van der Waals surface area contributed by atoms with Crippen molar-refractivity contribution in [2.45, 2.75) is 6.54 Å². The van der Waals surface area contributed by atoms with Crippen LogP contribution in [0.1, 0.15) is 15.9 Å². The van der Waals surface area contributed by atoms with Crippen LogP contribution in [-0.4, -0.2) is 24.0 Å². The van der Waals surface area contributed by atoms with Crippen LogP contribution in [0.25, 0.3) is 0 Å². The van der Waals surface area contributed by atoms with E-state index in [0.29, 0.717) is 34.6 Å². The minimum absolute atomic E-state index is 0.0977. The van der Waals surface area contributed by atoms with Gasteiger partial charge in [0.2, 0.25) is 0 Å². The van der Waals surface area contributed by atoms with Crippen LogP contribution in [0.4, 0.5) is 5.69 Å². The Morgan fingerprint density at radius 3 is 2.48 bits per heavy atom. The molecule has 130 valence electrons. The van der Waals surface area contributed by atoms with Crippen LogP contribution in [0.2, 0.25) is 10.0 Å². The number of rotatable bonds is 4. The highest BCUT2D eigenvalue weighted by Gasteiger charge is 2.26. The lowest BCUT2D eigenvalue weighted by Gasteiger charge is -2.19. The third kappa shape index (κ3) is 3.78. The number of benzene rings is 2. The van der Waals surface area contributed by atoms with Gasteiger partial charge in [0.1, 0.15) is 18.8 Å². The molecule has 0 radical (unpaired) electrons. The summed E-state index contributed by atoms with van der Waals surface area (Å²) < 4.78 is 10.7. The Morgan fingerprint density at radius 1 is 1.16 bits per heavy atom. The fourth-order valence-corrected chi connectivity index (χ4v) is 2.82. The van der Waals surface area contributed by atoms with Crippen LogP contribution in [0.15, 0.2) is 30.3 Å². The second kappa shape index (κ2) is 7.16. The summed E-state index contributed by atoms with van der Waals surface area (Å²) >= 11 is 11.9. The fourth-order valence-electron chi connectivity index (χ4n) is 2.35. The highest BCUT2D eigenvalue weighted by molar-refractivity contribution is 6.35. The molecule has 25 heavy (non-hydrogen) atoms. The molecule has 0 aliphatic carbocycles. The number of halogens is 2. The van der Waals surface area contributed by atoms with E-state index in [1.165, 1.54) is 12.1 Å². The predicted octanol–water partition coefficient (Wildman–Crippen LogP) is 3.60. The number of hydrogen-bond donors (Lipinski definition) is 1. The number of nitrogens with one attached hydrogen (secondary N) is 1. The Kier molecular flexibility index (Phi) is 4.96. The number of nitrogens with zero attached hydrogens (tertiary/aromatic N) is 1. The molecule has 1 aliphatic heterocycles. The van der Waals surface area contributed by atoms with Crippen LogP contribution < -0.4 is 14.8 Å². The van der Waals surface area contributed by atoms with Crippen molar-refractivity contribution < 1.29 is 19.2 Å². The lowest BCUT2D eigenvalue weighted by Crippen LogP contribution is -2.24. The van der Waals surface area contributed by atoms with E-state index >= 15 is 0 Å². The van der Waals surface area contributed by atoms with E-state index in [2.05, 4.69) is 5.32 Å². The molecule has 9 heteroatoms. The van der Waals surface area contributed by atoms with E-state index in [0.717, 1.165) is 0 Å². The minimum Gasteiger partial charge on any atom is -0.486 e. The molecule has 0 atom stereocenters. The first-order chi connectivity index (χ1) is 12.0. The van der Waals surface area contributed by atoms with E-state index in [1.807, 2.05) is 0 Å². The molecule has 3 rings (SSSR count). The van der Waals surface area contributed by atoms with E-state index in [1.54, 1.807) is 18.2 Å². The third-order valence-corrected chi connectivity index (χ3v) is 4.14. The van der Waals surface area contributed by atoms with Crippen LogP contribution in [0, 0.1) is 10.1 Å². The summed E-state index contributed by atoms with van der Waals surface area (Å²) in [6.45, 7) is 0.706. The molecule has 1 aliphatic rings. The van der Waals surface area contributed by atoms with Crippen molar-refractivity contribution in [1.82, 2.24) is 5.32 Å². The zero-order chi connectivity index (χ0) is 18.0. The van der Waals surface area contributed by atoms with Gasteiger partial charge >= 0.3 is 0 Å². The second-order valence-electron chi connectivity index (χ2n) is 5.19. The van der Waals surface area contributed by atoms with Crippen LogP contribution in [0.5, 0.6) is 11.5 Å². The third-order valence-electron chi connectivity index (χ3n) is 3.56. The highest BCUT2D eigenvalue weighted by atomic mass is 35.5. The minimum atomic E-state index is -0.636. The maximum Gasteiger partial charge on any atom is 0.286 e. The van der Waals surface area contributed by atoms with Gasteiger partial charge in [-0.3, -0.25) is 14.9 Å². The van der Waals surface area contributed by atoms with E-state index in [-0.39, 0.29) is 23.5 Å². The van der Waals surface area contributed by atoms with Gasteiger partial charge in [0.25, 0.3) is 11.6 Å². The lowest BCUT2D eigenvalue weighted by atomic mass is 10.1. The molecule has 0 saturated carbocycles. The SMILES string of the molecule is O=C(NCc1ccc(Cl)cc1Cl)c1cc2c(cc1[N+](=O)[O-])OCCO2. The van der Waals surface area contributed by atoms with Gasteiger partial charge in [-0.1, -0.05) is 29.3 Å². The van der Waals surface area contributed by atoms with Gasteiger partial charge in [0, 0.05) is 22.7 Å². The molecule has 2 aromatic carbocycles. The van der Waals surface area contributed by atoms with Gasteiger partial charge in [-0.05, 0) is 17.7 Å². The summed E-state index contributed by atoms with van der Waals surface area (Å²) in [4.78, 5) is 23.1. The van der Waals surface area contributed by atoms with Crippen molar-refractivity contribution in [3.05, 3.63) is 61.6 Å². The average Bonchev–Trinajstić information content (AvgIpc) is 2.59. The van der Waals surface area contributed by atoms with Crippen molar-refractivity contribution >= 4 is 34.8 Å². The number of fused-ring (bicyclic) bond motifs is 1. The quantitative estimate of drug-likeness (QED) is 0.644. The van der Waals surface area contributed by atoms with Gasteiger partial charge in [0.15, 0.2) is 11.5 Å². The topological polar surface area (TPSA) is 90.7 Å². The maximum absolute atomic E-state index is 12.4. The Bertz CT molecular complexity index is 857. The molecular formula is C16H12Cl2N2O5. The number of carbonyl (C=O) groups excluding carboxylic acids is 1. The molecule has 1 N–H and O–H groups in total. The first-order valence-electron chi connectivity index (χ1n) is 7.26. The van der Waals surface area contributed by atoms with Gasteiger partial charge in [-0.25, -0.2) is 0 Å². The fraction of sp³-hybridized carbons (Fsp3) is 0.188. The van der Waals surface area contributed by atoms with E-state index < -0.39 is 10.8 Å². The molecular weight excluding hydrogens is 371 g/mol. The van der Waals surface area contributed by atoms with E-state index in [9.17, 15) is 14.9 Å². The van der Waals surface area contributed by atoms with Gasteiger partial charge in [-0.2, -0.15) is 0 Å². The first kappa shape index (κ1) is 17.3. The van der Waals surface area contributed by atoms with Crippen LogP contribution >= 0.6 is 23.2 Å². The molecule has 0 fully saturated rings. The Labute approximate surface area is 152 Å². The Morgan fingerprint density at radius 2 is 1.84 bits per heavy atom. The standard InChI is InChI=1S/C16H12Cl2N2O5/c17-10-2-1-9(12(18)5-10)8-19-16(21)11-6-14-15(25-4-3-24-14)7-13(11)20(22)23/h1-2,5-7H,3-4,8H2,(H,19,21). The van der Waals surface area contributed by atoms with Crippen LogP contribution in [0.3, 0.4) is 0 Å². The number of hydrogen-bond acceptors (Lipinski definition) is 5. The summed E-state index contributed by atoms with van der Waals surface area (Å²) in [6.07, 6.45) is 0. The number of nitro benzene ring substituents is 1. The molecule has 1 amide bonds. The van der Waals surface area contributed by atoms with Gasteiger partial charge in [0.05, 0.1) is 11.0 Å². The predicted molar refractivity (Wildman–Crippen MR) is 91.7 cm³/mol. The molecule has 7 nitrogen and oxygen atoms in total. The summed E-state index contributed by atoms with van der Waals surface area (Å²) in [5.41, 5.74) is 0.169. The number of nitro groups is 1. The van der Waals surface area contributed by atoms with Crippen molar-refractivity contribution in [3.63, 3.8) is 0 Å². The number of carbonyl (C=O) groups is 1. The van der Waals surface area contributed by atoms with Crippen molar-refractivity contribution in [1.29, 1.82) is 0 Å². The van der Waals surface area contributed by atoms with Gasteiger partial charge < -0.3 is 14.8 Å². The van der Waals surface area contributed by atoms with Crippen LogP contribution in [-0.2, 0) is 6.54 Å². The smallest absolute Gasteiger partial charge is 0.286 e. The monoisotopic (exact) mass is 382 g/mol. The Hall–Kier alpha value is -2.51. The van der Waals surface area contributed by atoms with Crippen molar-refractivity contribution in [2.24, 2.45) is 0 Å². The summed E-state index contributed by atoms with van der Waals surface area (Å²) in [5, 5.41) is 14.7. The molecule has 2 aromatic rings. The zero-order valence-electron chi connectivity index (χ0n) is 12.8. The summed E-state index contributed by atoms with van der Waals surface area (Å²) in [7, 11) is 0. The summed E-state index contributed by atoms with van der Waals surface area (Å²) in [5.74, 6) is -0.0727. The second-order valence-corrected chi connectivity index (χ2v) is 6.03. The molecule has 0 unspecified atom stereocenters. The zero-order valence-corrected chi connectivity index (χ0v) is 14.3. The normalized spacial score (nSPS) is 12.6. The van der Waals surface area contributed by atoms with Crippen molar-refractivity contribution in [3.8, 4) is 11.5 Å². The molecule has 0 bridgehead atoms. The maximum atomic E-state index is 12.4. The average molecular weight is 383 g/mol. The van der Waals surface area contributed by atoms with Gasteiger partial charge in [-0.15, -0.1) is 0 Å². The number of amides is 1. The first-order valence-corrected chi connectivity index (χ1v) is 8.01. The van der Waals surface area contributed by atoms with E-state index in [4.69, 9.17) is 32.7 Å². The lowest BCUT2D eigenvalue weighted by molar-refractivity contribution is -0.385. The van der Waals surface area contributed by atoms with Crippen molar-refractivity contribution in [2.75, 3.05) is 13.2 Å². The molecule has 1 heterocycles.